The molecule has 0 bridgehead atoms. The van der Waals surface area contributed by atoms with E-state index in [1.807, 2.05) is 0 Å². The summed E-state index contributed by atoms with van der Waals surface area (Å²) in [7, 11) is 0. The summed E-state index contributed by atoms with van der Waals surface area (Å²) < 4.78 is 0. The Morgan fingerprint density at radius 1 is 1.00 bits per heavy atom. The predicted octanol–water partition coefficient (Wildman–Crippen LogP) is -3.55. The fourth-order valence-electron chi connectivity index (χ4n) is 0. The van der Waals surface area contributed by atoms with E-state index in [1.165, 1.54) is 0 Å². The molecule has 0 aromatic carbocycles. The van der Waals surface area contributed by atoms with E-state index in [0.717, 1.165) is 0 Å². The molecule has 0 atom stereocenters. The Hall–Kier alpha value is 2.04. The van der Waals surface area contributed by atoms with Gasteiger partial charge in [0.15, 0.2) is 17.4 Å². The van der Waals surface area contributed by atoms with Crippen LogP contribution in [0.25, 0.3) is 0 Å². The summed E-state index contributed by atoms with van der Waals surface area (Å²) in [5, 5.41) is 0. The van der Waals surface area contributed by atoms with E-state index in [4.69, 9.17) is 0 Å². The van der Waals surface area contributed by atoms with Gasteiger partial charge in [-0.15, -0.1) is 0 Å². The van der Waals surface area contributed by atoms with E-state index in [2.05, 4.69) is 0 Å². The fourth-order valence-corrected chi connectivity index (χ4v) is 0. The maximum absolute atomic E-state index is 0. The van der Waals surface area contributed by atoms with Gasteiger partial charge in [0.05, 0.1) is 0 Å². The maximum Gasteiger partial charge on any atom is 0.316 e. The van der Waals surface area contributed by atoms with Gasteiger partial charge in [0.25, 0.3) is 0 Å². The van der Waals surface area contributed by atoms with Crippen molar-refractivity contribution >= 4 is 51.4 Å². The number of rotatable bonds is 0. The molecule has 0 rings (SSSR count). The van der Waals surface area contributed by atoms with Crippen LogP contribution in [0.15, 0.2) is 0 Å². The molecular formula is H9AlCuMgSi. The Morgan fingerprint density at radius 2 is 1.00 bits per heavy atom. The largest absolute Gasteiger partial charge is 0.316 e. The molecule has 0 amide bonds. The summed E-state index contributed by atoms with van der Waals surface area (Å²) in [5.41, 5.74) is 0. The third kappa shape index (κ3) is 8.97. The average molecular weight is 152 g/mol. The van der Waals surface area contributed by atoms with Crippen molar-refractivity contribution in [1.29, 1.82) is 0 Å². The van der Waals surface area contributed by atoms with E-state index in [9.17, 15) is 0 Å². The molecule has 0 saturated carbocycles. The molecule has 0 N–H and O–H groups in total. The number of hydrogen-bond donors (Lipinski definition) is 0. The molecular weight excluding hydrogens is 143 g/mol. The van der Waals surface area contributed by atoms with Crippen molar-refractivity contribution in [2.24, 2.45) is 0 Å². The molecule has 0 aliphatic heterocycles. The van der Waals surface area contributed by atoms with Gasteiger partial charge < -0.3 is 0 Å². The zero-order valence-electron chi connectivity index (χ0n) is 0.302. The van der Waals surface area contributed by atoms with Gasteiger partial charge in [0.2, 0.25) is 0 Å². The van der Waals surface area contributed by atoms with Crippen molar-refractivity contribution in [3.05, 3.63) is 0 Å². The molecule has 4 heavy (non-hydrogen) atoms. The first-order valence-corrected chi connectivity index (χ1v) is 0. The molecule has 0 fully saturated rings. The van der Waals surface area contributed by atoms with E-state index < -0.39 is 0 Å². The Kier molecular flexibility index (Phi) is 183. The summed E-state index contributed by atoms with van der Waals surface area (Å²) in [4.78, 5) is 0. The zero-order chi connectivity index (χ0) is 0. The van der Waals surface area contributed by atoms with Gasteiger partial charge in [0, 0.05) is 17.1 Å². The summed E-state index contributed by atoms with van der Waals surface area (Å²) >= 11 is 0. The van der Waals surface area contributed by atoms with Crippen LogP contribution < -0.4 is 0 Å². The van der Waals surface area contributed by atoms with Crippen LogP contribution in [0.4, 0.5) is 0 Å². The van der Waals surface area contributed by atoms with Crippen LogP contribution in [-0.4, -0.2) is 51.4 Å². The van der Waals surface area contributed by atoms with Crippen LogP contribution >= 0.6 is 0 Å². The standard InChI is InChI=1S/Al.Cu.Mg.H4Si.5H/h;;;1H4;;;;;. The maximum atomic E-state index is 0. The first-order valence-electron chi connectivity index (χ1n) is 0. The van der Waals surface area contributed by atoms with Crippen LogP contribution in [0.3, 0.4) is 0 Å². The van der Waals surface area contributed by atoms with Crippen molar-refractivity contribution in [1.82, 2.24) is 0 Å². The molecule has 0 aromatic heterocycles. The first-order chi connectivity index (χ1) is 0. The van der Waals surface area contributed by atoms with Crippen LogP contribution in [0.5, 0.6) is 0 Å². The summed E-state index contributed by atoms with van der Waals surface area (Å²) in [5.74, 6) is 0. The summed E-state index contributed by atoms with van der Waals surface area (Å²) in [6, 6.07) is 0. The van der Waals surface area contributed by atoms with Crippen molar-refractivity contribution in [3.8, 4) is 0 Å². The van der Waals surface area contributed by atoms with Gasteiger partial charge in [0.1, 0.15) is 0 Å². The molecule has 0 aliphatic carbocycles. The molecule has 0 spiro atoms. The molecule has 0 unspecified atom stereocenters. The molecule has 0 saturated heterocycles. The Morgan fingerprint density at radius 3 is 1.00 bits per heavy atom. The third-order valence-corrected chi connectivity index (χ3v) is 0. The van der Waals surface area contributed by atoms with E-state index >= 15 is 0 Å². The van der Waals surface area contributed by atoms with Crippen molar-refractivity contribution < 1.29 is 17.1 Å². The van der Waals surface area contributed by atoms with Gasteiger partial charge in [-0.3, -0.25) is 0 Å². The molecule has 0 aromatic rings. The Bertz CT molecular complexity index is 8.00. The van der Waals surface area contributed by atoms with Gasteiger partial charge in [-0.05, 0) is 11.0 Å². The summed E-state index contributed by atoms with van der Waals surface area (Å²) in [6.07, 6.45) is 0. The van der Waals surface area contributed by atoms with Crippen LogP contribution in [0.2, 0.25) is 0 Å². The zero-order valence-corrected chi connectivity index (χ0v) is 1.24. The summed E-state index contributed by atoms with van der Waals surface area (Å²) in [6.45, 7) is 0. The molecule has 0 aliphatic rings. The minimum atomic E-state index is 0. The quantitative estimate of drug-likeness (QED) is 0.315. The normalized spacial score (nSPS) is 0. The Labute approximate surface area is 67.9 Å². The molecule has 4 heteroatoms. The third-order valence-electron chi connectivity index (χ3n) is 0. The van der Waals surface area contributed by atoms with Crippen LogP contribution in [0, 0.1) is 0 Å². The first kappa shape index (κ1) is 36.9. The minimum Gasteiger partial charge on any atom is -0.0149 e. The second-order valence-electron chi connectivity index (χ2n) is 0. The second kappa shape index (κ2) is 19.8. The number of hydrogen-bond acceptors (Lipinski definition) is 0. The van der Waals surface area contributed by atoms with Crippen molar-refractivity contribution in [2.45, 2.75) is 0 Å². The monoisotopic (exact) mass is 151 g/mol. The van der Waals surface area contributed by atoms with Crippen molar-refractivity contribution in [2.75, 3.05) is 0 Å². The van der Waals surface area contributed by atoms with Gasteiger partial charge in [-0.2, -0.15) is 0 Å². The topological polar surface area (TPSA) is 0 Å². The Balaban J connectivity index is 0. The SMILES string of the molecule is [AlH3].[Cu].[MgH2].[SiH4]. The molecule has 0 nitrogen and oxygen atoms in total. The van der Waals surface area contributed by atoms with E-state index in [-0.39, 0.29) is 68.4 Å². The molecule has 0 heterocycles. The minimum absolute atomic E-state index is 0. The molecule has 29 valence electrons. The van der Waals surface area contributed by atoms with E-state index in [0.29, 0.717) is 0 Å². The second-order valence-corrected chi connectivity index (χ2v) is 0. The fraction of sp³-hybridized carbons (Fsp3) is 0. The molecule has 1 radical (unpaired) electrons. The van der Waals surface area contributed by atoms with Gasteiger partial charge >= 0.3 is 23.1 Å². The van der Waals surface area contributed by atoms with Crippen LogP contribution in [-0.2, 0) is 17.1 Å². The van der Waals surface area contributed by atoms with Gasteiger partial charge in [-0.1, -0.05) is 0 Å². The smallest absolute Gasteiger partial charge is 0.0149 e. The van der Waals surface area contributed by atoms with Crippen LogP contribution in [0.1, 0.15) is 0 Å². The predicted molar refractivity (Wildman–Crippen MR) is 29.8 cm³/mol. The average Bonchev–Trinajstić information content (AvgIpc) is 0. The van der Waals surface area contributed by atoms with Gasteiger partial charge in [-0.25, -0.2) is 0 Å². The van der Waals surface area contributed by atoms with Crippen molar-refractivity contribution in [3.63, 3.8) is 0 Å². The van der Waals surface area contributed by atoms with E-state index in [1.54, 1.807) is 0 Å².